The van der Waals surface area contributed by atoms with Crippen molar-refractivity contribution in [2.24, 2.45) is 0 Å². The summed E-state index contributed by atoms with van der Waals surface area (Å²) in [6.07, 6.45) is 37.8. The van der Waals surface area contributed by atoms with Crippen LogP contribution in [-0.2, 0) is 19.1 Å². The second-order valence-electron chi connectivity index (χ2n) is 9.98. The molecule has 2 N–H and O–H groups in total. The molecule has 0 saturated carbocycles. The number of nitrogens with zero attached hydrogens (tertiary/aromatic N) is 1. The van der Waals surface area contributed by atoms with E-state index in [2.05, 4.69) is 83.3 Å². The summed E-state index contributed by atoms with van der Waals surface area (Å²) in [5, 5.41) is 5.68. The third-order valence-electron chi connectivity index (χ3n) is 6.29. The lowest BCUT2D eigenvalue weighted by Gasteiger charge is -2.16. The first-order valence-electron chi connectivity index (χ1n) is 15.5. The molecule has 1 unspecified atom stereocenters. The number of allylic oxidation sites excluding steroid dienone is 10. The number of nitrogens with one attached hydrogen (secondary N) is 2. The SMILES string of the molecule is CC/C=C\C/C=C\C/C=C\C/C=C\C/C=C\CCCC(=O)NCCCCC(NC(=O)C/C=C/c1cccnc1)C(=O)OC. The maximum Gasteiger partial charge on any atom is 0.328 e. The number of rotatable bonds is 23. The van der Waals surface area contributed by atoms with E-state index in [1.807, 2.05) is 18.2 Å². The maximum atomic E-state index is 12.3. The predicted octanol–water partition coefficient (Wildman–Crippen LogP) is 7.35. The van der Waals surface area contributed by atoms with E-state index in [0.717, 1.165) is 50.5 Å². The second-order valence-corrected chi connectivity index (χ2v) is 9.98. The van der Waals surface area contributed by atoms with E-state index in [-0.39, 0.29) is 18.2 Å². The number of carbonyl (C=O) groups is 3. The van der Waals surface area contributed by atoms with Gasteiger partial charge in [-0.05, 0) is 75.8 Å². The van der Waals surface area contributed by atoms with E-state index in [0.29, 0.717) is 32.2 Å². The van der Waals surface area contributed by atoms with E-state index in [1.54, 1.807) is 18.5 Å². The van der Waals surface area contributed by atoms with E-state index < -0.39 is 12.0 Å². The number of esters is 1. The Kier molecular flexibility index (Phi) is 23.1. The number of pyridine rings is 1. The molecule has 0 aliphatic rings. The fourth-order valence-corrected chi connectivity index (χ4v) is 3.96. The van der Waals surface area contributed by atoms with E-state index in [4.69, 9.17) is 4.74 Å². The number of carbonyl (C=O) groups excluding carboxylic acids is 3. The molecule has 0 aliphatic heterocycles. The van der Waals surface area contributed by atoms with Crippen LogP contribution in [0.25, 0.3) is 6.08 Å². The Bertz CT molecular complexity index is 1070. The lowest BCUT2D eigenvalue weighted by atomic mass is 10.1. The van der Waals surface area contributed by atoms with Crippen molar-refractivity contribution in [3.05, 3.63) is 96.9 Å². The van der Waals surface area contributed by atoms with Gasteiger partial charge in [-0.15, -0.1) is 0 Å². The van der Waals surface area contributed by atoms with E-state index in [1.165, 1.54) is 7.11 Å². The summed E-state index contributed by atoms with van der Waals surface area (Å²) in [4.78, 5) is 40.5. The van der Waals surface area contributed by atoms with Gasteiger partial charge in [0.25, 0.3) is 0 Å². The fourth-order valence-electron chi connectivity index (χ4n) is 3.96. The number of unbranched alkanes of at least 4 members (excludes halogenated alkanes) is 2. The van der Waals surface area contributed by atoms with Gasteiger partial charge in [-0.25, -0.2) is 4.79 Å². The van der Waals surface area contributed by atoms with Gasteiger partial charge in [0.1, 0.15) is 6.04 Å². The van der Waals surface area contributed by atoms with Crippen LogP contribution in [0.2, 0.25) is 0 Å². The van der Waals surface area contributed by atoms with Gasteiger partial charge < -0.3 is 15.4 Å². The third-order valence-corrected chi connectivity index (χ3v) is 6.29. The predicted molar refractivity (Wildman–Crippen MR) is 177 cm³/mol. The van der Waals surface area contributed by atoms with Crippen molar-refractivity contribution in [3.8, 4) is 0 Å². The monoisotopic (exact) mass is 589 g/mol. The van der Waals surface area contributed by atoms with Gasteiger partial charge in [-0.3, -0.25) is 14.6 Å². The molecular weight excluding hydrogens is 538 g/mol. The first-order valence-corrected chi connectivity index (χ1v) is 15.5. The van der Waals surface area contributed by atoms with Gasteiger partial charge in [0, 0.05) is 31.8 Å². The number of methoxy groups -OCH3 is 1. The molecule has 234 valence electrons. The molecule has 7 nitrogen and oxygen atoms in total. The Labute approximate surface area is 259 Å². The molecule has 2 amide bonds. The molecule has 1 aromatic rings. The normalized spacial score (nSPS) is 12.8. The van der Waals surface area contributed by atoms with Crippen LogP contribution in [0.3, 0.4) is 0 Å². The largest absolute Gasteiger partial charge is 0.467 e. The number of amides is 2. The number of aromatic nitrogens is 1. The number of hydrogen-bond acceptors (Lipinski definition) is 5. The first kappa shape index (κ1) is 37.0. The highest BCUT2D eigenvalue weighted by Gasteiger charge is 2.20. The highest BCUT2D eigenvalue weighted by Crippen LogP contribution is 2.05. The van der Waals surface area contributed by atoms with E-state index in [9.17, 15) is 14.4 Å². The summed E-state index contributed by atoms with van der Waals surface area (Å²) < 4.78 is 4.84. The van der Waals surface area contributed by atoms with Gasteiger partial charge in [0.15, 0.2) is 0 Å². The first-order chi connectivity index (χ1) is 21.1. The highest BCUT2D eigenvalue weighted by atomic mass is 16.5. The summed E-state index contributed by atoms with van der Waals surface area (Å²) in [6, 6.07) is 3.01. The number of hydrogen-bond donors (Lipinski definition) is 2. The Morgan fingerprint density at radius 1 is 0.837 bits per heavy atom. The molecular formula is C36H51N3O4. The molecule has 0 bridgehead atoms. The quantitative estimate of drug-likeness (QED) is 0.0790. The lowest BCUT2D eigenvalue weighted by molar-refractivity contribution is -0.145. The Morgan fingerprint density at radius 2 is 1.49 bits per heavy atom. The highest BCUT2D eigenvalue weighted by molar-refractivity contribution is 5.85. The summed E-state index contributed by atoms with van der Waals surface area (Å²) in [6.45, 7) is 2.68. The maximum absolute atomic E-state index is 12.3. The Hall–Kier alpha value is -4.00. The molecule has 1 heterocycles. The van der Waals surface area contributed by atoms with Crippen LogP contribution in [0, 0.1) is 0 Å². The van der Waals surface area contributed by atoms with Crippen LogP contribution in [0.4, 0.5) is 0 Å². The van der Waals surface area contributed by atoms with Crippen LogP contribution in [0.1, 0.15) is 89.5 Å². The summed E-state index contributed by atoms with van der Waals surface area (Å²) in [5.74, 6) is -0.689. The van der Waals surface area contributed by atoms with Crippen LogP contribution < -0.4 is 10.6 Å². The van der Waals surface area contributed by atoms with Crippen molar-refractivity contribution in [3.63, 3.8) is 0 Å². The summed E-state index contributed by atoms with van der Waals surface area (Å²) in [5.41, 5.74) is 0.899. The van der Waals surface area contributed by atoms with Crippen molar-refractivity contribution >= 4 is 23.9 Å². The summed E-state index contributed by atoms with van der Waals surface area (Å²) >= 11 is 0. The van der Waals surface area contributed by atoms with Gasteiger partial charge >= 0.3 is 5.97 Å². The van der Waals surface area contributed by atoms with Crippen molar-refractivity contribution in [1.82, 2.24) is 15.6 Å². The minimum Gasteiger partial charge on any atom is -0.467 e. The number of ether oxygens (including phenoxy) is 1. The van der Waals surface area contributed by atoms with Crippen LogP contribution >= 0.6 is 0 Å². The molecule has 0 saturated heterocycles. The Balaban J connectivity index is 2.10. The molecule has 7 heteroatoms. The molecule has 43 heavy (non-hydrogen) atoms. The minimum absolute atomic E-state index is 0.0329. The van der Waals surface area contributed by atoms with Gasteiger partial charge in [0.05, 0.1) is 7.11 Å². The van der Waals surface area contributed by atoms with Crippen molar-refractivity contribution in [2.75, 3.05) is 13.7 Å². The molecule has 1 atom stereocenters. The van der Waals surface area contributed by atoms with Gasteiger partial charge in [0.2, 0.25) is 11.8 Å². The molecule has 0 aromatic carbocycles. The van der Waals surface area contributed by atoms with Crippen molar-refractivity contribution in [2.45, 2.75) is 90.0 Å². The minimum atomic E-state index is -0.705. The smallest absolute Gasteiger partial charge is 0.328 e. The van der Waals surface area contributed by atoms with Crippen LogP contribution in [0.15, 0.2) is 91.4 Å². The molecule has 1 rings (SSSR count). The fraction of sp³-hybridized carbons (Fsp3) is 0.444. The van der Waals surface area contributed by atoms with E-state index >= 15 is 0 Å². The zero-order chi connectivity index (χ0) is 31.2. The molecule has 0 radical (unpaired) electrons. The topological polar surface area (TPSA) is 97.4 Å². The zero-order valence-electron chi connectivity index (χ0n) is 26.1. The van der Waals surface area contributed by atoms with Crippen LogP contribution in [0.5, 0.6) is 0 Å². The molecule has 0 spiro atoms. The third kappa shape index (κ3) is 22.3. The average Bonchev–Trinajstić information content (AvgIpc) is 3.02. The standard InChI is InChI=1S/C36H51N3O4/c1-3-4-5-6-7-8-9-10-11-12-13-14-15-16-17-18-19-27-34(40)38-30-21-20-26-33(36(42)43-2)39-35(41)28-22-24-32-25-23-29-37-31-32/h4-5,7-8,10-11,13-14,16-17,22-25,29,31,33H,3,6,9,12,15,18-21,26-28,30H2,1-2H3,(H,38,40)(H,39,41)/b5-4-,8-7-,11-10-,14-13-,17-16-,24-22+. The summed E-state index contributed by atoms with van der Waals surface area (Å²) in [7, 11) is 1.31. The molecule has 0 aliphatic carbocycles. The molecule has 0 fully saturated rings. The Morgan fingerprint density at radius 3 is 2.09 bits per heavy atom. The van der Waals surface area contributed by atoms with Crippen molar-refractivity contribution < 1.29 is 19.1 Å². The van der Waals surface area contributed by atoms with Gasteiger partial charge in [-0.2, -0.15) is 0 Å². The average molecular weight is 590 g/mol. The second kappa shape index (κ2) is 26.9. The molecule has 1 aromatic heterocycles. The van der Waals surface area contributed by atoms with Gasteiger partial charge in [-0.1, -0.05) is 85.9 Å². The zero-order valence-corrected chi connectivity index (χ0v) is 26.1. The lowest BCUT2D eigenvalue weighted by Crippen LogP contribution is -2.41. The van der Waals surface area contributed by atoms with Crippen LogP contribution in [-0.4, -0.2) is 42.5 Å². The van der Waals surface area contributed by atoms with Crippen molar-refractivity contribution in [1.29, 1.82) is 0 Å².